The first-order valence-corrected chi connectivity index (χ1v) is 7.74. The summed E-state index contributed by atoms with van der Waals surface area (Å²) in [7, 11) is 0. The molecule has 1 saturated heterocycles. The molecule has 3 unspecified atom stereocenters. The molecule has 1 aromatic rings. The van der Waals surface area contributed by atoms with Gasteiger partial charge < -0.3 is 4.90 Å². The molecule has 1 amide bonds. The van der Waals surface area contributed by atoms with Gasteiger partial charge in [0.25, 0.3) is 5.91 Å². The molecule has 4 heteroatoms. The number of hydrogen-bond donors (Lipinski definition) is 0. The van der Waals surface area contributed by atoms with Gasteiger partial charge >= 0.3 is 0 Å². The van der Waals surface area contributed by atoms with Crippen LogP contribution >= 0.6 is 22.6 Å². The molecule has 0 spiro atoms. The second-order valence-electron chi connectivity index (χ2n) is 5.64. The lowest BCUT2D eigenvalue weighted by Gasteiger charge is -2.41. The number of nitrogens with zero attached hydrogens (tertiary/aromatic N) is 1. The van der Waals surface area contributed by atoms with E-state index in [4.69, 9.17) is 0 Å². The Bertz CT molecular complexity index is 491. The van der Waals surface area contributed by atoms with Crippen molar-refractivity contribution >= 4 is 28.5 Å². The van der Waals surface area contributed by atoms with Gasteiger partial charge in [-0.05, 0) is 66.0 Å². The second kappa shape index (κ2) is 5.77. The average molecular weight is 375 g/mol. The molecule has 2 nitrogen and oxygen atoms in total. The number of likely N-dealkylation sites (tertiary alicyclic amines) is 1. The van der Waals surface area contributed by atoms with Crippen LogP contribution in [0.3, 0.4) is 0 Å². The van der Waals surface area contributed by atoms with Crippen molar-refractivity contribution in [3.8, 4) is 0 Å². The van der Waals surface area contributed by atoms with Gasteiger partial charge in [0.15, 0.2) is 0 Å². The van der Waals surface area contributed by atoms with Crippen LogP contribution in [0.15, 0.2) is 18.2 Å². The molecule has 0 N–H and O–H groups in total. The zero-order chi connectivity index (χ0) is 14.2. The van der Waals surface area contributed by atoms with E-state index in [1.54, 1.807) is 6.07 Å². The standard InChI is InChI=1S/C15H19FINO/c1-9-6-10(2)11(3)18(8-9)15(19)13-5-4-12(16)7-14(13)17/h4-5,7,9-11H,6,8H2,1-3H3. The van der Waals surface area contributed by atoms with Crippen LogP contribution in [0.5, 0.6) is 0 Å². The Balaban J connectivity index is 2.27. The molecule has 1 aliphatic rings. The summed E-state index contributed by atoms with van der Waals surface area (Å²) in [6.45, 7) is 7.26. The minimum atomic E-state index is -0.297. The largest absolute Gasteiger partial charge is 0.335 e. The van der Waals surface area contributed by atoms with Crippen molar-refractivity contribution in [2.45, 2.75) is 33.2 Å². The first-order chi connectivity index (χ1) is 8.90. The van der Waals surface area contributed by atoms with Crippen LogP contribution in [-0.2, 0) is 0 Å². The summed E-state index contributed by atoms with van der Waals surface area (Å²) in [5, 5.41) is 0. The number of rotatable bonds is 1. The van der Waals surface area contributed by atoms with Gasteiger partial charge in [-0.3, -0.25) is 4.79 Å². The van der Waals surface area contributed by atoms with Gasteiger partial charge in [-0.1, -0.05) is 13.8 Å². The second-order valence-corrected chi connectivity index (χ2v) is 6.80. The predicted molar refractivity (Wildman–Crippen MR) is 82.6 cm³/mol. The van der Waals surface area contributed by atoms with Crippen molar-refractivity contribution in [2.24, 2.45) is 11.8 Å². The van der Waals surface area contributed by atoms with Gasteiger partial charge in [-0.15, -0.1) is 0 Å². The Hall–Kier alpha value is -0.650. The third-order valence-corrected chi connectivity index (χ3v) is 4.91. The highest BCUT2D eigenvalue weighted by molar-refractivity contribution is 14.1. The smallest absolute Gasteiger partial charge is 0.255 e. The van der Waals surface area contributed by atoms with E-state index < -0.39 is 0 Å². The first-order valence-electron chi connectivity index (χ1n) is 6.66. The number of hydrogen-bond acceptors (Lipinski definition) is 1. The first kappa shape index (κ1) is 14.8. The number of benzene rings is 1. The minimum absolute atomic E-state index is 0.0234. The molecule has 104 valence electrons. The maximum atomic E-state index is 13.1. The van der Waals surface area contributed by atoms with E-state index in [1.807, 2.05) is 27.5 Å². The lowest BCUT2D eigenvalue weighted by Crippen LogP contribution is -2.49. The van der Waals surface area contributed by atoms with Crippen LogP contribution in [0, 0.1) is 21.2 Å². The summed E-state index contributed by atoms with van der Waals surface area (Å²) in [5.74, 6) is 0.753. The molecule has 1 heterocycles. The third-order valence-electron chi connectivity index (χ3n) is 4.02. The SMILES string of the molecule is CC1CC(C)C(C)N(C(=O)c2ccc(F)cc2I)C1. The Morgan fingerprint density at radius 3 is 2.68 bits per heavy atom. The number of carbonyl (C=O) groups is 1. The molecule has 3 atom stereocenters. The van der Waals surface area contributed by atoms with E-state index in [0.29, 0.717) is 21.0 Å². The minimum Gasteiger partial charge on any atom is -0.335 e. The van der Waals surface area contributed by atoms with Gasteiger partial charge in [0, 0.05) is 16.2 Å². The van der Waals surface area contributed by atoms with Crippen LogP contribution in [0.1, 0.15) is 37.6 Å². The third kappa shape index (κ3) is 3.09. The fourth-order valence-electron chi connectivity index (χ4n) is 2.80. The van der Waals surface area contributed by atoms with Crippen molar-refractivity contribution in [2.75, 3.05) is 6.54 Å². The quantitative estimate of drug-likeness (QED) is 0.681. The van der Waals surface area contributed by atoms with E-state index in [9.17, 15) is 9.18 Å². The average Bonchev–Trinajstić information content (AvgIpc) is 2.33. The summed E-state index contributed by atoms with van der Waals surface area (Å²) >= 11 is 2.03. The summed E-state index contributed by atoms with van der Waals surface area (Å²) in [6, 6.07) is 4.60. The Kier molecular flexibility index (Phi) is 4.48. The van der Waals surface area contributed by atoms with E-state index in [0.717, 1.165) is 13.0 Å². The molecular weight excluding hydrogens is 356 g/mol. The molecule has 2 rings (SSSR count). The molecule has 1 aliphatic heterocycles. The maximum absolute atomic E-state index is 13.1. The van der Waals surface area contributed by atoms with E-state index in [-0.39, 0.29) is 17.8 Å². The van der Waals surface area contributed by atoms with Gasteiger partial charge in [0.05, 0.1) is 5.56 Å². The highest BCUT2D eigenvalue weighted by Crippen LogP contribution is 2.29. The Morgan fingerprint density at radius 1 is 1.37 bits per heavy atom. The molecule has 0 bridgehead atoms. The molecule has 0 aliphatic carbocycles. The lowest BCUT2D eigenvalue weighted by molar-refractivity contribution is 0.0454. The van der Waals surface area contributed by atoms with Crippen LogP contribution in [0.4, 0.5) is 4.39 Å². The monoisotopic (exact) mass is 375 g/mol. The van der Waals surface area contributed by atoms with Crippen LogP contribution in [0.25, 0.3) is 0 Å². The van der Waals surface area contributed by atoms with Gasteiger partial charge in [-0.25, -0.2) is 4.39 Å². The zero-order valence-electron chi connectivity index (χ0n) is 11.5. The highest BCUT2D eigenvalue weighted by atomic mass is 127. The topological polar surface area (TPSA) is 20.3 Å². The number of carbonyl (C=O) groups excluding carboxylic acids is 1. The molecule has 19 heavy (non-hydrogen) atoms. The van der Waals surface area contributed by atoms with E-state index in [2.05, 4.69) is 20.8 Å². The summed E-state index contributed by atoms with van der Waals surface area (Å²) in [4.78, 5) is 14.6. The molecular formula is C15H19FINO. The lowest BCUT2D eigenvalue weighted by atomic mass is 9.85. The molecule has 0 saturated carbocycles. The van der Waals surface area contributed by atoms with Crippen molar-refractivity contribution in [3.63, 3.8) is 0 Å². The van der Waals surface area contributed by atoms with Gasteiger partial charge in [-0.2, -0.15) is 0 Å². The number of amides is 1. The molecule has 0 radical (unpaired) electrons. The molecule has 0 aromatic heterocycles. The van der Waals surface area contributed by atoms with Gasteiger partial charge in [0.2, 0.25) is 0 Å². The Labute approximate surface area is 127 Å². The fourth-order valence-corrected chi connectivity index (χ4v) is 3.51. The van der Waals surface area contributed by atoms with Crippen LogP contribution in [-0.4, -0.2) is 23.4 Å². The summed E-state index contributed by atoms with van der Waals surface area (Å²) in [6.07, 6.45) is 1.16. The fraction of sp³-hybridized carbons (Fsp3) is 0.533. The maximum Gasteiger partial charge on any atom is 0.255 e. The molecule has 1 fully saturated rings. The number of halogens is 2. The van der Waals surface area contributed by atoms with E-state index in [1.165, 1.54) is 12.1 Å². The van der Waals surface area contributed by atoms with Crippen LogP contribution in [0.2, 0.25) is 0 Å². The Morgan fingerprint density at radius 2 is 2.05 bits per heavy atom. The van der Waals surface area contributed by atoms with E-state index >= 15 is 0 Å². The molecule has 1 aromatic carbocycles. The number of piperidine rings is 1. The van der Waals surface area contributed by atoms with Crippen LogP contribution < -0.4 is 0 Å². The highest BCUT2D eigenvalue weighted by Gasteiger charge is 2.32. The van der Waals surface area contributed by atoms with Gasteiger partial charge in [0.1, 0.15) is 5.82 Å². The predicted octanol–water partition coefficient (Wildman–Crippen LogP) is 3.94. The zero-order valence-corrected chi connectivity index (χ0v) is 13.6. The van der Waals surface area contributed by atoms with Crippen molar-refractivity contribution in [1.82, 2.24) is 4.90 Å². The summed E-state index contributed by atoms with van der Waals surface area (Å²) < 4.78 is 13.8. The van der Waals surface area contributed by atoms with Crippen molar-refractivity contribution < 1.29 is 9.18 Å². The van der Waals surface area contributed by atoms with Crippen molar-refractivity contribution in [1.29, 1.82) is 0 Å². The van der Waals surface area contributed by atoms with Crippen molar-refractivity contribution in [3.05, 3.63) is 33.1 Å². The summed E-state index contributed by atoms with van der Waals surface area (Å²) in [5.41, 5.74) is 0.607. The normalized spacial score (nSPS) is 27.4.